The van der Waals surface area contributed by atoms with Gasteiger partial charge in [0.2, 0.25) is 0 Å². The summed E-state index contributed by atoms with van der Waals surface area (Å²) in [6.45, 7) is 5.00. The summed E-state index contributed by atoms with van der Waals surface area (Å²) in [5.41, 5.74) is 4.14. The number of aromatic nitrogens is 4. The summed E-state index contributed by atoms with van der Waals surface area (Å²) in [6.07, 6.45) is 2.26. The first kappa shape index (κ1) is 21.2. The number of rotatable bonds is 2. The molecular formula is C23H26FN7O2. The van der Waals surface area contributed by atoms with Gasteiger partial charge >= 0.3 is 6.03 Å². The number of likely N-dealkylation sites (N-methyl/N-ethyl adjacent to an activating group) is 1. The van der Waals surface area contributed by atoms with Gasteiger partial charge in [0.15, 0.2) is 0 Å². The monoisotopic (exact) mass is 451 g/mol. The lowest BCUT2D eigenvalue weighted by Gasteiger charge is -2.33. The van der Waals surface area contributed by atoms with E-state index in [-0.39, 0.29) is 36.3 Å². The van der Waals surface area contributed by atoms with Crippen LogP contribution in [0.1, 0.15) is 45.8 Å². The highest BCUT2D eigenvalue weighted by Gasteiger charge is 2.37. The first-order chi connectivity index (χ1) is 15.8. The van der Waals surface area contributed by atoms with Crippen LogP contribution in [-0.4, -0.2) is 61.4 Å². The maximum Gasteiger partial charge on any atom is 0.322 e. The summed E-state index contributed by atoms with van der Waals surface area (Å²) >= 11 is 0. The zero-order valence-electron chi connectivity index (χ0n) is 18.8. The molecule has 172 valence electrons. The Kier molecular flexibility index (Phi) is 5.15. The summed E-state index contributed by atoms with van der Waals surface area (Å²) in [5, 5.41) is 14.7. The molecule has 0 fully saturated rings. The van der Waals surface area contributed by atoms with Crippen molar-refractivity contribution in [3.05, 3.63) is 64.5 Å². The second-order valence-electron chi connectivity index (χ2n) is 8.93. The molecule has 9 nitrogen and oxygen atoms in total. The van der Waals surface area contributed by atoms with E-state index in [9.17, 15) is 14.0 Å². The molecule has 5 rings (SSSR count). The number of nitrogens with one attached hydrogen (secondary N) is 2. The predicted molar refractivity (Wildman–Crippen MR) is 119 cm³/mol. The molecule has 0 saturated heterocycles. The predicted octanol–water partition coefficient (Wildman–Crippen LogP) is 2.90. The third kappa shape index (κ3) is 3.75. The minimum atomic E-state index is -0.317. The molecule has 3 aromatic rings. The minimum Gasteiger partial charge on any atom is -0.340 e. The third-order valence-corrected chi connectivity index (χ3v) is 6.55. The number of carbonyl (C=O) groups is 2. The second kappa shape index (κ2) is 8.02. The molecule has 2 atom stereocenters. The van der Waals surface area contributed by atoms with Crippen LogP contribution in [0.25, 0.3) is 0 Å². The van der Waals surface area contributed by atoms with Gasteiger partial charge in [0.1, 0.15) is 11.5 Å². The fourth-order valence-electron chi connectivity index (χ4n) is 4.71. The van der Waals surface area contributed by atoms with Crippen LogP contribution >= 0.6 is 0 Å². The Morgan fingerprint density at radius 3 is 2.82 bits per heavy atom. The van der Waals surface area contributed by atoms with Crippen molar-refractivity contribution < 1.29 is 14.0 Å². The number of benzene rings is 1. The number of hydrogen-bond acceptors (Lipinski definition) is 4. The molecule has 0 saturated carbocycles. The second-order valence-corrected chi connectivity index (χ2v) is 8.93. The molecule has 10 heteroatoms. The quantitative estimate of drug-likeness (QED) is 0.626. The minimum absolute atomic E-state index is 0.0441. The van der Waals surface area contributed by atoms with Crippen LogP contribution in [0, 0.1) is 12.7 Å². The molecule has 2 aliphatic heterocycles. The summed E-state index contributed by atoms with van der Waals surface area (Å²) in [5.74, 6) is -0.375. The third-order valence-electron chi connectivity index (χ3n) is 6.55. The molecule has 3 amide bonds. The van der Waals surface area contributed by atoms with Crippen molar-refractivity contribution in [2.45, 2.75) is 45.3 Å². The number of aromatic amines is 1. The largest absolute Gasteiger partial charge is 0.340 e. The first-order valence-corrected chi connectivity index (χ1v) is 11.0. The number of H-pyrrole nitrogens is 1. The van der Waals surface area contributed by atoms with Crippen LogP contribution < -0.4 is 5.32 Å². The number of aryl methyl sites for hydroxylation is 1. The summed E-state index contributed by atoms with van der Waals surface area (Å²) in [6, 6.07) is 6.01. The maximum absolute atomic E-state index is 13.6. The number of amides is 3. The van der Waals surface area contributed by atoms with Gasteiger partial charge in [-0.1, -0.05) is 0 Å². The van der Waals surface area contributed by atoms with Crippen LogP contribution in [0.4, 0.5) is 14.9 Å². The number of halogens is 1. The van der Waals surface area contributed by atoms with Gasteiger partial charge in [0.25, 0.3) is 5.91 Å². The van der Waals surface area contributed by atoms with Crippen molar-refractivity contribution in [2.75, 3.05) is 18.9 Å². The lowest BCUT2D eigenvalue weighted by Crippen LogP contribution is -2.45. The van der Waals surface area contributed by atoms with E-state index in [1.165, 1.54) is 6.07 Å². The number of nitrogens with zero attached hydrogens (tertiary/aromatic N) is 5. The lowest BCUT2D eigenvalue weighted by molar-refractivity contribution is 0.0787. The number of anilines is 1. The van der Waals surface area contributed by atoms with E-state index < -0.39 is 0 Å². The van der Waals surface area contributed by atoms with Crippen LogP contribution in [-0.2, 0) is 19.5 Å². The maximum atomic E-state index is 13.6. The molecule has 0 unspecified atom stereocenters. The SMILES string of the molecule is Cc1cc(NC(=O)N2Cc3c(nn4c3C(=O)N(C)C[C@H](c3ccn[nH]3)C4)C[C@H]2C)ccc1F. The van der Waals surface area contributed by atoms with Crippen LogP contribution in [0.2, 0.25) is 0 Å². The average Bonchev–Trinajstić information content (AvgIpc) is 3.40. The van der Waals surface area contributed by atoms with E-state index in [0.717, 1.165) is 17.0 Å². The van der Waals surface area contributed by atoms with E-state index in [2.05, 4.69) is 15.5 Å². The van der Waals surface area contributed by atoms with E-state index >= 15 is 0 Å². The van der Waals surface area contributed by atoms with Gasteiger partial charge in [-0.05, 0) is 43.7 Å². The molecule has 4 heterocycles. The molecule has 2 aromatic heterocycles. The van der Waals surface area contributed by atoms with Crippen LogP contribution in [0.3, 0.4) is 0 Å². The molecule has 0 aliphatic carbocycles. The highest BCUT2D eigenvalue weighted by Crippen LogP contribution is 2.31. The highest BCUT2D eigenvalue weighted by atomic mass is 19.1. The lowest BCUT2D eigenvalue weighted by atomic mass is 9.99. The molecule has 0 spiro atoms. The van der Waals surface area contributed by atoms with Crippen molar-refractivity contribution in [2.24, 2.45) is 0 Å². The van der Waals surface area contributed by atoms with Crippen LogP contribution in [0.15, 0.2) is 30.5 Å². The molecule has 2 N–H and O–H groups in total. The van der Waals surface area contributed by atoms with E-state index in [1.807, 2.05) is 13.0 Å². The van der Waals surface area contributed by atoms with Crippen molar-refractivity contribution in [3.63, 3.8) is 0 Å². The van der Waals surface area contributed by atoms with Crippen LogP contribution in [0.5, 0.6) is 0 Å². The van der Waals surface area contributed by atoms with E-state index in [0.29, 0.717) is 36.5 Å². The fraction of sp³-hybridized carbons (Fsp3) is 0.391. The van der Waals surface area contributed by atoms with Gasteiger partial charge in [-0.3, -0.25) is 14.6 Å². The van der Waals surface area contributed by atoms with Gasteiger partial charge in [0, 0.05) is 55.1 Å². The van der Waals surface area contributed by atoms with Gasteiger partial charge in [0.05, 0.1) is 18.8 Å². The molecule has 1 aromatic carbocycles. The molecule has 0 radical (unpaired) electrons. The number of carbonyl (C=O) groups excluding carboxylic acids is 2. The Morgan fingerprint density at radius 1 is 1.27 bits per heavy atom. The van der Waals surface area contributed by atoms with Gasteiger partial charge in [-0.15, -0.1) is 0 Å². The number of hydrogen-bond donors (Lipinski definition) is 2. The zero-order valence-corrected chi connectivity index (χ0v) is 18.8. The summed E-state index contributed by atoms with van der Waals surface area (Å²) in [4.78, 5) is 29.8. The number of urea groups is 1. The standard InChI is InChI=1S/C23H26FN7O2/c1-13-8-16(4-5-18(13)24)26-23(33)30-12-17-20(9-14(30)2)28-31-11-15(19-6-7-25-27-19)10-29(3)22(32)21(17)31/h4-8,14-15H,9-12H2,1-3H3,(H,25,27)(H,26,33)/t14-,15+/m1/s1. The topological polar surface area (TPSA) is 99.2 Å². The van der Waals surface area contributed by atoms with E-state index in [4.69, 9.17) is 5.10 Å². The Morgan fingerprint density at radius 2 is 2.09 bits per heavy atom. The van der Waals surface area contributed by atoms with E-state index in [1.54, 1.807) is 46.8 Å². The molecule has 33 heavy (non-hydrogen) atoms. The van der Waals surface area contributed by atoms with Crippen molar-refractivity contribution in [1.82, 2.24) is 29.8 Å². The summed E-state index contributed by atoms with van der Waals surface area (Å²) in [7, 11) is 1.79. The van der Waals surface area contributed by atoms with Gasteiger partial charge in [-0.25, -0.2) is 9.18 Å². The molecule has 0 bridgehead atoms. The first-order valence-electron chi connectivity index (χ1n) is 11.0. The van der Waals surface area contributed by atoms with Crippen molar-refractivity contribution in [1.29, 1.82) is 0 Å². The Balaban J connectivity index is 1.43. The highest BCUT2D eigenvalue weighted by molar-refractivity contribution is 5.95. The molecular weight excluding hydrogens is 425 g/mol. The van der Waals surface area contributed by atoms with Gasteiger partial charge in [-0.2, -0.15) is 10.2 Å². The Labute approximate surface area is 190 Å². The average molecular weight is 452 g/mol. The fourth-order valence-corrected chi connectivity index (χ4v) is 4.71. The van der Waals surface area contributed by atoms with Gasteiger partial charge < -0.3 is 15.1 Å². The molecule has 2 aliphatic rings. The van der Waals surface area contributed by atoms with Crippen molar-refractivity contribution >= 4 is 17.6 Å². The normalized spacial score (nSPS) is 20.3. The Hall–Kier alpha value is -3.69. The smallest absolute Gasteiger partial charge is 0.322 e. The zero-order chi connectivity index (χ0) is 23.3. The Bertz CT molecular complexity index is 1220. The number of fused-ring (bicyclic) bond motifs is 3. The summed E-state index contributed by atoms with van der Waals surface area (Å²) < 4.78 is 15.4. The van der Waals surface area contributed by atoms with Crippen molar-refractivity contribution in [3.8, 4) is 0 Å².